The van der Waals surface area contributed by atoms with Crippen LogP contribution in [0.15, 0.2) is 30.6 Å². The highest BCUT2D eigenvalue weighted by atomic mass is 14.9. The van der Waals surface area contributed by atoms with Crippen molar-refractivity contribution >= 4 is 0 Å². The van der Waals surface area contributed by atoms with E-state index in [1.807, 2.05) is 12.1 Å². The van der Waals surface area contributed by atoms with E-state index in [4.69, 9.17) is 5.73 Å². The second-order valence-electron chi connectivity index (χ2n) is 4.22. The molecule has 0 atom stereocenters. The minimum absolute atomic E-state index is 0.451. The molecule has 0 unspecified atom stereocenters. The third-order valence-electron chi connectivity index (χ3n) is 2.71. The number of imidazole rings is 1. The second kappa shape index (κ2) is 4.49. The van der Waals surface area contributed by atoms with Crippen LogP contribution in [0.3, 0.4) is 0 Å². The van der Waals surface area contributed by atoms with Crippen LogP contribution in [0, 0.1) is 0 Å². The van der Waals surface area contributed by atoms with Gasteiger partial charge in [-0.15, -0.1) is 0 Å². The SMILES string of the molecule is CC(C)c1[nH]cnc1-c1ccc(CN)cc1. The third-order valence-corrected chi connectivity index (χ3v) is 2.71. The molecule has 0 aliphatic rings. The van der Waals surface area contributed by atoms with Gasteiger partial charge in [-0.05, 0) is 11.5 Å². The fourth-order valence-corrected chi connectivity index (χ4v) is 1.77. The van der Waals surface area contributed by atoms with Crippen LogP contribution < -0.4 is 5.73 Å². The van der Waals surface area contributed by atoms with E-state index < -0.39 is 0 Å². The van der Waals surface area contributed by atoms with Crippen molar-refractivity contribution in [2.45, 2.75) is 26.3 Å². The molecule has 0 saturated heterocycles. The van der Waals surface area contributed by atoms with Gasteiger partial charge in [0.05, 0.1) is 12.0 Å². The van der Waals surface area contributed by atoms with E-state index in [0.717, 1.165) is 16.8 Å². The molecule has 0 radical (unpaired) electrons. The summed E-state index contributed by atoms with van der Waals surface area (Å²) in [5, 5.41) is 0. The van der Waals surface area contributed by atoms with Gasteiger partial charge in [0.15, 0.2) is 0 Å². The number of rotatable bonds is 3. The first-order valence-electron chi connectivity index (χ1n) is 5.55. The normalized spacial score (nSPS) is 11.0. The van der Waals surface area contributed by atoms with Crippen LogP contribution in [0.5, 0.6) is 0 Å². The molecule has 1 heterocycles. The lowest BCUT2D eigenvalue weighted by Crippen LogP contribution is -1.96. The molecule has 2 aromatic rings. The van der Waals surface area contributed by atoms with Gasteiger partial charge in [-0.2, -0.15) is 0 Å². The predicted octanol–water partition coefficient (Wildman–Crippen LogP) is 2.66. The Kier molecular flexibility index (Phi) is 3.06. The maximum atomic E-state index is 5.57. The largest absolute Gasteiger partial charge is 0.348 e. The molecule has 1 aromatic carbocycles. The summed E-state index contributed by atoms with van der Waals surface area (Å²) < 4.78 is 0. The molecule has 0 spiro atoms. The number of nitrogens with two attached hydrogens (primary N) is 1. The molecule has 0 bridgehead atoms. The van der Waals surface area contributed by atoms with Crippen molar-refractivity contribution < 1.29 is 0 Å². The van der Waals surface area contributed by atoms with Gasteiger partial charge in [0.25, 0.3) is 0 Å². The molecule has 16 heavy (non-hydrogen) atoms. The first-order valence-corrected chi connectivity index (χ1v) is 5.55. The Morgan fingerprint density at radius 2 is 1.94 bits per heavy atom. The molecule has 0 saturated carbocycles. The van der Waals surface area contributed by atoms with Crippen LogP contribution >= 0.6 is 0 Å². The van der Waals surface area contributed by atoms with Crippen molar-refractivity contribution in [1.82, 2.24) is 9.97 Å². The second-order valence-corrected chi connectivity index (χ2v) is 4.22. The van der Waals surface area contributed by atoms with Crippen LogP contribution in [0.25, 0.3) is 11.3 Å². The summed E-state index contributed by atoms with van der Waals surface area (Å²) in [6.07, 6.45) is 1.75. The average Bonchev–Trinajstić information content (AvgIpc) is 2.78. The highest BCUT2D eigenvalue weighted by Gasteiger charge is 2.10. The van der Waals surface area contributed by atoms with Crippen molar-refractivity contribution in [2.24, 2.45) is 5.73 Å². The highest BCUT2D eigenvalue weighted by molar-refractivity contribution is 5.62. The predicted molar refractivity (Wildman–Crippen MR) is 66.0 cm³/mol. The van der Waals surface area contributed by atoms with Gasteiger partial charge < -0.3 is 10.7 Å². The first kappa shape index (κ1) is 10.9. The summed E-state index contributed by atoms with van der Waals surface area (Å²) >= 11 is 0. The van der Waals surface area contributed by atoms with Gasteiger partial charge in [0, 0.05) is 17.8 Å². The van der Waals surface area contributed by atoms with E-state index in [9.17, 15) is 0 Å². The molecule has 0 fully saturated rings. The lowest BCUT2D eigenvalue weighted by Gasteiger charge is -2.06. The molecular formula is C13H17N3. The maximum Gasteiger partial charge on any atom is 0.0929 e. The van der Waals surface area contributed by atoms with Crippen molar-refractivity contribution in [3.8, 4) is 11.3 Å². The van der Waals surface area contributed by atoms with Crippen molar-refractivity contribution in [1.29, 1.82) is 0 Å². The maximum absolute atomic E-state index is 5.57. The average molecular weight is 215 g/mol. The number of benzene rings is 1. The summed E-state index contributed by atoms with van der Waals surface area (Å²) in [6.45, 7) is 4.90. The fraction of sp³-hybridized carbons (Fsp3) is 0.308. The van der Waals surface area contributed by atoms with Crippen molar-refractivity contribution in [3.05, 3.63) is 41.9 Å². The van der Waals surface area contributed by atoms with Gasteiger partial charge in [-0.25, -0.2) is 4.98 Å². The number of aromatic nitrogens is 2. The standard InChI is InChI=1S/C13H17N3/c1-9(2)12-13(16-8-15-12)11-5-3-10(7-14)4-6-11/h3-6,8-9H,7,14H2,1-2H3,(H,15,16). The Bertz CT molecular complexity index is 454. The van der Waals surface area contributed by atoms with Crippen LogP contribution in [0.4, 0.5) is 0 Å². The molecular weight excluding hydrogens is 198 g/mol. The Hall–Kier alpha value is -1.61. The van der Waals surface area contributed by atoms with Crippen LogP contribution in [-0.2, 0) is 6.54 Å². The summed E-state index contributed by atoms with van der Waals surface area (Å²) in [5.74, 6) is 0.451. The number of hydrogen-bond acceptors (Lipinski definition) is 2. The van der Waals surface area contributed by atoms with Crippen molar-refractivity contribution in [2.75, 3.05) is 0 Å². The van der Waals surface area contributed by atoms with Gasteiger partial charge in [-0.1, -0.05) is 38.1 Å². The topological polar surface area (TPSA) is 54.7 Å². The fourth-order valence-electron chi connectivity index (χ4n) is 1.77. The van der Waals surface area contributed by atoms with E-state index in [1.165, 1.54) is 5.69 Å². The zero-order chi connectivity index (χ0) is 11.5. The Labute approximate surface area is 95.7 Å². The lowest BCUT2D eigenvalue weighted by molar-refractivity contribution is 0.835. The summed E-state index contributed by atoms with van der Waals surface area (Å²) in [7, 11) is 0. The molecule has 0 aliphatic carbocycles. The van der Waals surface area contributed by atoms with E-state index in [1.54, 1.807) is 6.33 Å². The lowest BCUT2D eigenvalue weighted by atomic mass is 10.0. The molecule has 0 amide bonds. The Morgan fingerprint density at radius 1 is 1.25 bits per heavy atom. The smallest absolute Gasteiger partial charge is 0.0929 e. The van der Waals surface area contributed by atoms with Crippen LogP contribution in [0.1, 0.15) is 31.0 Å². The Balaban J connectivity index is 2.38. The van der Waals surface area contributed by atoms with E-state index in [-0.39, 0.29) is 0 Å². The minimum Gasteiger partial charge on any atom is -0.348 e. The molecule has 3 N–H and O–H groups in total. The van der Waals surface area contributed by atoms with Gasteiger partial charge >= 0.3 is 0 Å². The van der Waals surface area contributed by atoms with E-state index in [2.05, 4.69) is 35.9 Å². The first-order chi connectivity index (χ1) is 7.72. The van der Waals surface area contributed by atoms with Gasteiger partial charge in [-0.3, -0.25) is 0 Å². The van der Waals surface area contributed by atoms with Crippen molar-refractivity contribution in [3.63, 3.8) is 0 Å². The molecule has 84 valence electrons. The van der Waals surface area contributed by atoms with E-state index in [0.29, 0.717) is 12.5 Å². The molecule has 3 nitrogen and oxygen atoms in total. The number of H-pyrrole nitrogens is 1. The van der Waals surface area contributed by atoms with Crippen LogP contribution in [0.2, 0.25) is 0 Å². The number of nitrogens with one attached hydrogen (secondary N) is 1. The molecule has 3 heteroatoms. The number of aromatic amines is 1. The quantitative estimate of drug-likeness (QED) is 0.827. The number of nitrogens with zero attached hydrogens (tertiary/aromatic N) is 1. The monoisotopic (exact) mass is 215 g/mol. The summed E-state index contributed by atoms with van der Waals surface area (Å²) in [4.78, 5) is 7.57. The highest BCUT2D eigenvalue weighted by Crippen LogP contribution is 2.25. The van der Waals surface area contributed by atoms with Gasteiger partial charge in [0.2, 0.25) is 0 Å². The van der Waals surface area contributed by atoms with Crippen LogP contribution in [-0.4, -0.2) is 9.97 Å². The minimum atomic E-state index is 0.451. The molecule has 0 aliphatic heterocycles. The van der Waals surface area contributed by atoms with E-state index >= 15 is 0 Å². The number of hydrogen-bond donors (Lipinski definition) is 2. The molecule has 1 aromatic heterocycles. The summed E-state index contributed by atoms with van der Waals surface area (Å²) in [6, 6.07) is 8.25. The molecule has 2 rings (SSSR count). The zero-order valence-electron chi connectivity index (χ0n) is 9.70. The Morgan fingerprint density at radius 3 is 2.50 bits per heavy atom. The third kappa shape index (κ3) is 1.99. The zero-order valence-corrected chi connectivity index (χ0v) is 9.70. The summed E-state index contributed by atoms with van der Waals surface area (Å²) in [5.41, 5.74) is 10.1. The van der Waals surface area contributed by atoms with Gasteiger partial charge in [0.1, 0.15) is 0 Å².